The highest BCUT2D eigenvalue weighted by atomic mass is 16.5. The zero-order valence-electron chi connectivity index (χ0n) is 29.0. The van der Waals surface area contributed by atoms with Gasteiger partial charge in [-0.1, -0.05) is 115 Å². The third-order valence-electron chi connectivity index (χ3n) is 10.4. The first-order valence-corrected chi connectivity index (χ1v) is 18.8. The Bertz CT molecular complexity index is 1010. The Labute approximate surface area is 276 Å². The Kier molecular flexibility index (Phi) is 16.7. The smallest absolute Gasteiger partial charge is 0.119 e. The zero-order chi connectivity index (χ0) is 31.5. The summed E-state index contributed by atoms with van der Waals surface area (Å²) in [6.45, 7) is 10.1. The highest BCUT2D eigenvalue weighted by Gasteiger charge is 2.24. The molecule has 0 amide bonds. The summed E-state index contributed by atoms with van der Waals surface area (Å²) in [4.78, 5) is 0. The Morgan fingerprint density at radius 1 is 0.578 bits per heavy atom. The van der Waals surface area contributed by atoms with E-state index in [1.807, 2.05) is 0 Å². The predicted molar refractivity (Wildman–Crippen MR) is 187 cm³/mol. The van der Waals surface area contributed by atoms with E-state index in [9.17, 15) is 0 Å². The second-order valence-electron chi connectivity index (χ2n) is 14.1. The minimum absolute atomic E-state index is 0.0287. The zero-order valence-corrected chi connectivity index (χ0v) is 29.0. The van der Waals surface area contributed by atoms with Crippen LogP contribution in [0.1, 0.15) is 135 Å². The van der Waals surface area contributed by atoms with Gasteiger partial charge in [-0.3, -0.25) is 0 Å². The maximum Gasteiger partial charge on any atom is 0.119 e. The first-order chi connectivity index (χ1) is 22.1. The van der Waals surface area contributed by atoms with E-state index in [-0.39, 0.29) is 6.10 Å². The van der Waals surface area contributed by atoms with Crippen molar-refractivity contribution in [3.8, 4) is 11.5 Å². The van der Waals surface area contributed by atoms with Crippen LogP contribution in [0.5, 0.6) is 11.5 Å². The van der Waals surface area contributed by atoms with Crippen LogP contribution in [0.15, 0.2) is 48.5 Å². The maximum absolute atomic E-state index is 6.06. The molecular weight excluding hydrogens is 556 g/mol. The number of hydrogen-bond acceptors (Lipinski definition) is 4. The Hall–Kier alpha value is -2.04. The molecule has 0 aliphatic heterocycles. The molecule has 0 bridgehead atoms. The maximum atomic E-state index is 6.06. The summed E-state index contributed by atoms with van der Waals surface area (Å²) in [5.74, 6) is 5.65. The monoisotopic (exact) mass is 620 g/mol. The number of benzene rings is 2. The number of hydrogen-bond donors (Lipinski definition) is 0. The molecule has 4 nitrogen and oxygen atoms in total. The quantitative estimate of drug-likeness (QED) is 0.130. The molecule has 252 valence electrons. The molecule has 0 aromatic heterocycles. The van der Waals surface area contributed by atoms with Crippen molar-refractivity contribution in [1.82, 2.24) is 0 Å². The molecule has 5 atom stereocenters. The highest BCUT2D eigenvalue weighted by Crippen LogP contribution is 2.37. The van der Waals surface area contributed by atoms with Crippen LogP contribution in [-0.2, 0) is 22.7 Å². The summed E-state index contributed by atoms with van der Waals surface area (Å²) in [5.41, 5.74) is 2.32. The van der Waals surface area contributed by atoms with Crippen molar-refractivity contribution in [3.05, 3.63) is 59.7 Å². The van der Waals surface area contributed by atoms with Crippen LogP contribution in [0.2, 0.25) is 0 Å². The van der Waals surface area contributed by atoms with Gasteiger partial charge in [0.15, 0.2) is 0 Å². The van der Waals surface area contributed by atoms with Gasteiger partial charge < -0.3 is 18.9 Å². The van der Waals surface area contributed by atoms with Crippen molar-refractivity contribution in [2.75, 3.05) is 19.8 Å². The molecule has 2 aliphatic carbocycles. The van der Waals surface area contributed by atoms with Gasteiger partial charge in [-0.15, -0.1) is 0 Å². The first-order valence-electron chi connectivity index (χ1n) is 18.8. The van der Waals surface area contributed by atoms with Gasteiger partial charge in [-0.05, 0) is 91.7 Å². The number of ether oxygens (including phenoxy) is 4. The van der Waals surface area contributed by atoms with E-state index in [0.29, 0.717) is 19.8 Å². The summed E-state index contributed by atoms with van der Waals surface area (Å²) < 4.78 is 24.1. The second-order valence-corrected chi connectivity index (χ2v) is 14.1. The van der Waals surface area contributed by atoms with Crippen LogP contribution < -0.4 is 9.47 Å². The van der Waals surface area contributed by atoms with E-state index in [1.165, 1.54) is 89.9 Å². The number of rotatable bonds is 21. The fraction of sp³-hybridized carbons (Fsp3) is 0.707. The molecule has 0 radical (unpaired) electrons. The van der Waals surface area contributed by atoms with Crippen molar-refractivity contribution in [2.24, 2.45) is 23.7 Å². The average molecular weight is 621 g/mol. The highest BCUT2D eigenvalue weighted by molar-refractivity contribution is 5.27. The molecular formula is C41H64O4. The molecule has 2 aromatic rings. The van der Waals surface area contributed by atoms with E-state index in [1.54, 1.807) is 0 Å². The van der Waals surface area contributed by atoms with Gasteiger partial charge >= 0.3 is 0 Å². The molecule has 45 heavy (non-hydrogen) atoms. The Balaban J connectivity index is 1.03. The van der Waals surface area contributed by atoms with E-state index in [2.05, 4.69) is 69.3 Å². The van der Waals surface area contributed by atoms with E-state index in [4.69, 9.17) is 18.9 Å². The first kappa shape index (κ1) is 35.8. The SMILES string of the molecule is CCCC1CCCCC1CCCOc1ccc(COC[C@@H](C)OCc2ccc(OCCCC3CCCCC3CCC)cc2)cc1. The van der Waals surface area contributed by atoms with Gasteiger partial charge in [0.2, 0.25) is 0 Å². The van der Waals surface area contributed by atoms with E-state index < -0.39 is 0 Å². The van der Waals surface area contributed by atoms with Gasteiger partial charge in [0, 0.05) is 0 Å². The average Bonchev–Trinajstić information content (AvgIpc) is 3.07. The molecule has 2 saturated carbocycles. The lowest BCUT2D eigenvalue weighted by molar-refractivity contribution is -0.0198. The topological polar surface area (TPSA) is 36.9 Å². The lowest BCUT2D eigenvalue weighted by atomic mass is 9.75. The van der Waals surface area contributed by atoms with Gasteiger partial charge in [0.05, 0.1) is 39.1 Å². The van der Waals surface area contributed by atoms with Crippen molar-refractivity contribution in [2.45, 2.75) is 143 Å². The van der Waals surface area contributed by atoms with Gasteiger partial charge in [-0.25, -0.2) is 0 Å². The predicted octanol–water partition coefficient (Wildman–Crippen LogP) is 11.3. The van der Waals surface area contributed by atoms with Crippen LogP contribution in [0.25, 0.3) is 0 Å². The molecule has 0 spiro atoms. The standard InChI is InChI=1S/C41H64O4/c1-4-12-36-14-6-8-16-38(36)18-10-28-43-40-24-20-34(21-25-40)31-42-30-33(3)45-32-35-22-26-41(27-23-35)44-29-11-19-39-17-9-7-15-37(39)13-5-2/h20-27,33,36-39H,4-19,28-32H2,1-3H3/t33-,36?,37?,38?,39?/m1/s1. The fourth-order valence-corrected chi connectivity index (χ4v) is 7.89. The summed E-state index contributed by atoms with van der Waals surface area (Å²) in [6.07, 6.45) is 21.9. The molecule has 2 aliphatic rings. The van der Waals surface area contributed by atoms with Crippen LogP contribution in [0.3, 0.4) is 0 Å². The molecule has 4 heteroatoms. The summed E-state index contributed by atoms with van der Waals surface area (Å²) in [6, 6.07) is 16.8. The van der Waals surface area contributed by atoms with Gasteiger partial charge in [0.1, 0.15) is 11.5 Å². The molecule has 4 rings (SSSR count). The Morgan fingerprint density at radius 3 is 1.44 bits per heavy atom. The molecule has 0 N–H and O–H groups in total. The third-order valence-corrected chi connectivity index (χ3v) is 10.4. The molecule has 2 aromatic carbocycles. The minimum Gasteiger partial charge on any atom is -0.494 e. The largest absolute Gasteiger partial charge is 0.494 e. The van der Waals surface area contributed by atoms with Crippen molar-refractivity contribution >= 4 is 0 Å². The second kappa shape index (κ2) is 21.0. The lowest BCUT2D eigenvalue weighted by Gasteiger charge is -2.31. The van der Waals surface area contributed by atoms with Gasteiger partial charge in [-0.2, -0.15) is 0 Å². The van der Waals surface area contributed by atoms with Crippen molar-refractivity contribution < 1.29 is 18.9 Å². The fourth-order valence-electron chi connectivity index (χ4n) is 7.89. The minimum atomic E-state index is 0.0287. The van der Waals surface area contributed by atoms with Crippen LogP contribution in [-0.4, -0.2) is 25.9 Å². The van der Waals surface area contributed by atoms with Crippen LogP contribution >= 0.6 is 0 Å². The molecule has 2 fully saturated rings. The van der Waals surface area contributed by atoms with Crippen LogP contribution in [0, 0.1) is 23.7 Å². The van der Waals surface area contributed by atoms with Crippen LogP contribution in [0.4, 0.5) is 0 Å². The third kappa shape index (κ3) is 13.3. The van der Waals surface area contributed by atoms with E-state index in [0.717, 1.165) is 72.4 Å². The molecule has 0 heterocycles. The lowest BCUT2D eigenvalue weighted by Crippen LogP contribution is -2.20. The van der Waals surface area contributed by atoms with E-state index >= 15 is 0 Å². The molecule has 0 saturated heterocycles. The molecule has 4 unspecified atom stereocenters. The van der Waals surface area contributed by atoms with Crippen molar-refractivity contribution in [3.63, 3.8) is 0 Å². The van der Waals surface area contributed by atoms with Gasteiger partial charge in [0.25, 0.3) is 0 Å². The summed E-state index contributed by atoms with van der Waals surface area (Å²) in [7, 11) is 0. The summed E-state index contributed by atoms with van der Waals surface area (Å²) in [5, 5.41) is 0. The normalized spacial score (nSPS) is 22.6. The van der Waals surface area contributed by atoms with Crippen molar-refractivity contribution in [1.29, 1.82) is 0 Å². The summed E-state index contributed by atoms with van der Waals surface area (Å²) >= 11 is 0. The Morgan fingerprint density at radius 2 is 1.00 bits per heavy atom.